The van der Waals surface area contributed by atoms with Crippen LogP contribution in [0.15, 0.2) is 18.2 Å². The Balaban J connectivity index is 3.26. The summed E-state index contributed by atoms with van der Waals surface area (Å²) >= 11 is 0. The Morgan fingerprint density at radius 3 is 1.87 bits per heavy atom. The van der Waals surface area contributed by atoms with Crippen molar-refractivity contribution in [2.24, 2.45) is 23.5 Å². The zero-order valence-corrected chi connectivity index (χ0v) is 24.7. The van der Waals surface area contributed by atoms with E-state index in [-0.39, 0.29) is 42.6 Å². The van der Waals surface area contributed by atoms with Crippen LogP contribution in [0.1, 0.15) is 87.1 Å². The molecule has 0 radical (unpaired) electrons. The van der Waals surface area contributed by atoms with Gasteiger partial charge in [-0.2, -0.15) is 0 Å². The molecule has 3 N–H and O–H groups in total. The largest absolute Gasteiger partial charge is 0.509 e. The van der Waals surface area contributed by atoms with Crippen LogP contribution < -0.4 is 15.2 Å². The molecule has 0 heterocycles. The van der Waals surface area contributed by atoms with Gasteiger partial charge in [0.25, 0.3) is 0 Å². The van der Waals surface area contributed by atoms with Crippen molar-refractivity contribution in [2.45, 2.75) is 105 Å². The Bertz CT molecular complexity index is 1020. The van der Waals surface area contributed by atoms with Gasteiger partial charge in [-0.25, -0.2) is 4.79 Å². The summed E-state index contributed by atoms with van der Waals surface area (Å²) in [6.07, 6.45) is -1.14. The minimum Gasteiger partial charge on any atom is -0.480 e. The number of carboxylic acid groups (broad SMARTS) is 1. The Hall–Kier alpha value is -3.14. The van der Waals surface area contributed by atoms with Gasteiger partial charge in [0, 0.05) is 25.2 Å². The first-order chi connectivity index (χ1) is 17.9. The molecule has 0 amide bonds. The topological polar surface area (TPSA) is 151 Å². The average Bonchev–Trinajstić information content (AvgIpc) is 2.78. The lowest BCUT2D eigenvalue weighted by Gasteiger charge is -2.35. The summed E-state index contributed by atoms with van der Waals surface area (Å²) in [4.78, 5) is 49.4. The number of hydrogen-bond donors (Lipinski definition) is 2. The van der Waals surface area contributed by atoms with E-state index in [2.05, 4.69) is 0 Å². The molecule has 39 heavy (non-hydrogen) atoms. The highest BCUT2D eigenvalue weighted by molar-refractivity contribution is 5.80. The van der Waals surface area contributed by atoms with Crippen LogP contribution in [0.4, 0.5) is 4.79 Å². The van der Waals surface area contributed by atoms with Crippen LogP contribution in [0.2, 0.25) is 0 Å². The molecule has 10 nitrogen and oxygen atoms in total. The molecule has 0 saturated carbocycles. The van der Waals surface area contributed by atoms with Gasteiger partial charge < -0.3 is 29.8 Å². The first-order valence-corrected chi connectivity index (χ1v) is 13.4. The van der Waals surface area contributed by atoms with Crippen molar-refractivity contribution in [1.82, 2.24) is 0 Å². The van der Waals surface area contributed by atoms with E-state index in [0.29, 0.717) is 12.0 Å². The molecule has 220 valence electrons. The third-order valence-corrected chi connectivity index (χ3v) is 6.51. The zero-order chi connectivity index (χ0) is 30.1. The Morgan fingerprint density at radius 2 is 1.41 bits per heavy atom. The maximum atomic E-state index is 12.4. The number of esters is 2. The quantitative estimate of drug-likeness (QED) is 0.231. The Labute approximate surface area is 231 Å². The molecule has 0 spiro atoms. The van der Waals surface area contributed by atoms with Crippen molar-refractivity contribution in [2.75, 3.05) is 0 Å². The Morgan fingerprint density at radius 1 is 0.897 bits per heavy atom. The second-order valence-corrected chi connectivity index (χ2v) is 11.5. The predicted octanol–water partition coefficient (Wildman–Crippen LogP) is 5.28. The van der Waals surface area contributed by atoms with Crippen molar-refractivity contribution in [3.63, 3.8) is 0 Å². The number of ether oxygens (including phenoxy) is 4. The van der Waals surface area contributed by atoms with E-state index in [4.69, 9.17) is 24.7 Å². The second kappa shape index (κ2) is 14.3. The van der Waals surface area contributed by atoms with Gasteiger partial charge in [-0.3, -0.25) is 14.4 Å². The number of rotatable bonds is 14. The minimum absolute atomic E-state index is 0.00896. The number of carbonyl (C=O) groups excluding carboxylic acids is 3. The summed E-state index contributed by atoms with van der Waals surface area (Å²) < 4.78 is 21.6. The third-order valence-electron chi connectivity index (χ3n) is 6.51. The monoisotopic (exact) mass is 551 g/mol. The normalized spacial score (nSPS) is 14.8. The highest BCUT2D eigenvalue weighted by Gasteiger charge is 2.44. The zero-order valence-electron chi connectivity index (χ0n) is 24.7. The van der Waals surface area contributed by atoms with E-state index < -0.39 is 47.2 Å². The standard InChI is InChI=1S/C29H45NO9/c1-10-28(8,9)39-27(35)36-20(7)19(6)29(30,26(33)34)16-21-11-12-22(37-24(31)13-17(2)3)23(15-21)38-25(32)14-18(4)5/h11-12,15,17-20H,10,13-14,16,30H2,1-9H3,(H,33,34)/t19-,20+,29-/m1/s1. The van der Waals surface area contributed by atoms with Gasteiger partial charge >= 0.3 is 24.1 Å². The number of carbonyl (C=O) groups is 4. The molecule has 0 aliphatic carbocycles. The SMILES string of the molecule is CCC(C)(C)OC(=O)O[C@@H](C)[C@@H](C)[C@](N)(Cc1ccc(OC(=O)CC(C)C)c(OC(=O)CC(C)C)c1)C(=O)O. The smallest absolute Gasteiger partial charge is 0.480 e. The molecule has 0 bridgehead atoms. The van der Waals surface area contributed by atoms with Gasteiger partial charge in [-0.15, -0.1) is 0 Å². The van der Waals surface area contributed by atoms with Crippen LogP contribution in [-0.4, -0.2) is 46.4 Å². The van der Waals surface area contributed by atoms with Crippen LogP contribution in [-0.2, 0) is 30.3 Å². The lowest BCUT2D eigenvalue weighted by Crippen LogP contribution is -2.58. The summed E-state index contributed by atoms with van der Waals surface area (Å²) in [6, 6.07) is 4.44. The lowest BCUT2D eigenvalue weighted by atomic mass is 9.78. The minimum atomic E-state index is -1.87. The number of aliphatic carboxylic acids is 1. The molecule has 0 aromatic heterocycles. The maximum absolute atomic E-state index is 12.4. The lowest BCUT2D eigenvalue weighted by molar-refractivity contribution is -0.148. The van der Waals surface area contributed by atoms with Gasteiger partial charge in [0.2, 0.25) is 0 Å². The molecular weight excluding hydrogens is 506 g/mol. The molecule has 0 fully saturated rings. The van der Waals surface area contributed by atoms with Gasteiger partial charge in [0.05, 0.1) is 0 Å². The van der Waals surface area contributed by atoms with Crippen molar-refractivity contribution in [1.29, 1.82) is 0 Å². The fourth-order valence-electron chi connectivity index (χ4n) is 3.59. The molecule has 3 atom stereocenters. The first-order valence-electron chi connectivity index (χ1n) is 13.4. The van der Waals surface area contributed by atoms with Crippen molar-refractivity contribution in [3.8, 4) is 11.5 Å². The summed E-state index contributed by atoms with van der Waals surface area (Å²) in [5.41, 5.74) is 4.23. The fraction of sp³-hybridized carbons (Fsp3) is 0.655. The molecule has 0 aliphatic rings. The average molecular weight is 552 g/mol. The summed E-state index contributed by atoms with van der Waals surface area (Å²) in [5, 5.41) is 10.1. The van der Waals surface area contributed by atoms with Crippen molar-refractivity contribution in [3.05, 3.63) is 23.8 Å². The van der Waals surface area contributed by atoms with E-state index in [9.17, 15) is 24.3 Å². The highest BCUT2D eigenvalue weighted by atomic mass is 16.7. The van der Waals surface area contributed by atoms with Crippen LogP contribution in [0.25, 0.3) is 0 Å². The Kier molecular flexibility index (Phi) is 12.4. The van der Waals surface area contributed by atoms with Gasteiger partial charge in [0.15, 0.2) is 11.5 Å². The van der Waals surface area contributed by atoms with Gasteiger partial charge in [-0.1, -0.05) is 47.6 Å². The second-order valence-electron chi connectivity index (χ2n) is 11.5. The maximum Gasteiger partial charge on any atom is 0.509 e. The van der Waals surface area contributed by atoms with E-state index in [1.807, 2.05) is 34.6 Å². The molecule has 1 aromatic rings. The molecule has 10 heteroatoms. The van der Waals surface area contributed by atoms with Gasteiger partial charge in [0.1, 0.15) is 17.2 Å². The number of carboxylic acids is 1. The van der Waals surface area contributed by atoms with E-state index in [1.54, 1.807) is 33.8 Å². The van der Waals surface area contributed by atoms with Crippen LogP contribution in [0.3, 0.4) is 0 Å². The van der Waals surface area contributed by atoms with E-state index in [0.717, 1.165) is 0 Å². The van der Waals surface area contributed by atoms with Crippen molar-refractivity contribution >= 4 is 24.1 Å². The molecule has 0 unspecified atom stereocenters. The number of benzene rings is 1. The molecular formula is C29H45NO9. The molecule has 0 aliphatic heterocycles. The number of hydrogen-bond acceptors (Lipinski definition) is 9. The van der Waals surface area contributed by atoms with Crippen LogP contribution in [0, 0.1) is 17.8 Å². The highest BCUT2D eigenvalue weighted by Crippen LogP contribution is 2.33. The molecule has 1 rings (SSSR count). The summed E-state index contributed by atoms with van der Waals surface area (Å²) in [7, 11) is 0. The molecule has 1 aromatic carbocycles. The molecule has 0 saturated heterocycles. The van der Waals surface area contributed by atoms with Crippen LogP contribution in [0.5, 0.6) is 11.5 Å². The van der Waals surface area contributed by atoms with E-state index >= 15 is 0 Å². The van der Waals surface area contributed by atoms with Crippen LogP contribution >= 0.6 is 0 Å². The van der Waals surface area contributed by atoms with Crippen molar-refractivity contribution < 1.29 is 43.2 Å². The van der Waals surface area contributed by atoms with Gasteiger partial charge in [-0.05, 0) is 56.7 Å². The third kappa shape index (κ3) is 10.9. The first kappa shape index (κ1) is 33.9. The number of nitrogens with two attached hydrogens (primary N) is 1. The predicted molar refractivity (Wildman–Crippen MR) is 145 cm³/mol. The van der Waals surface area contributed by atoms with E-state index in [1.165, 1.54) is 12.1 Å². The fourth-order valence-corrected chi connectivity index (χ4v) is 3.59. The summed E-state index contributed by atoms with van der Waals surface area (Å²) in [6.45, 7) is 15.9. The summed E-state index contributed by atoms with van der Waals surface area (Å²) in [5.74, 6) is -3.03.